The van der Waals surface area contributed by atoms with Crippen LogP contribution in [0.1, 0.15) is 26.2 Å². The lowest BCUT2D eigenvalue weighted by Crippen LogP contribution is -2.29. The molecule has 1 atom stereocenters. The number of nitrogens with zero attached hydrogens (tertiary/aromatic N) is 1. The number of methoxy groups -OCH3 is 2. The predicted octanol–water partition coefficient (Wildman–Crippen LogP) is 2.29. The summed E-state index contributed by atoms with van der Waals surface area (Å²) in [7, 11) is 3.11. The van der Waals surface area contributed by atoms with Crippen LogP contribution < -0.4 is 14.8 Å². The van der Waals surface area contributed by atoms with Gasteiger partial charge < -0.3 is 19.7 Å². The fourth-order valence-electron chi connectivity index (χ4n) is 2.66. The zero-order chi connectivity index (χ0) is 16.8. The number of benzene rings is 1. The molecule has 0 aromatic heterocycles. The Morgan fingerprint density at radius 1 is 1.35 bits per heavy atom. The summed E-state index contributed by atoms with van der Waals surface area (Å²) < 4.78 is 10.4. The third-order valence-corrected chi connectivity index (χ3v) is 4.03. The second kappa shape index (κ2) is 7.85. The van der Waals surface area contributed by atoms with E-state index in [1.165, 1.54) is 0 Å². The molecular weight excluding hydrogens is 296 g/mol. The lowest BCUT2D eigenvalue weighted by molar-refractivity contribution is -0.128. The second-order valence-corrected chi connectivity index (χ2v) is 5.65. The monoisotopic (exact) mass is 320 g/mol. The molecule has 6 nitrogen and oxygen atoms in total. The molecule has 1 N–H and O–H groups in total. The molecule has 0 radical (unpaired) electrons. The first kappa shape index (κ1) is 17.1. The van der Waals surface area contributed by atoms with E-state index < -0.39 is 0 Å². The van der Waals surface area contributed by atoms with Crippen LogP contribution in [-0.4, -0.2) is 44.0 Å². The molecule has 0 aliphatic carbocycles. The zero-order valence-corrected chi connectivity index (χ0v) is 13.9. The molecule has 2 rings (SSSR count). The number of anilines is 1. The Balaban J connectivity index is 2.03. The molecule has 6 heteroatoms. The number of amides is 2. The van der Waals surface area contributed by atoms with E-state index in [0.717, 1.165) is 19.4 Å². The van der Waals surface area contributed by atoms with Crippen LogP contribution in [-0.2, 0) is 9.59 Å². The number of carbonyl (C=O) groups excluding carboxylic acids is 2. The van der Waals surface area contributed by atoms with Crippen molar-refractivity contribution >= 4 is 17.5 Å². The number of hydrogen-bond donors (Lipinski definition) is 1. The number of nitrogens with one attached hydrogen (secondary N) is 1. The second-order valence-electron chi connectivity index (χ2n) is 5.65. The van der Waals surface area contributed by atoms with Gasteiger partial charge in [-0.05, 0) is 18.6 Å². The Labute approximate surface area is 136 Å². The molecule has 1 saturated heterocycles. The average molecular weight is 320 g/mol. The summed E-state index contributed by atoms with van der Waals surface area (Å²) in [6.07, 6.45) is 2.26. The molecule has 126 valence electrons. The molecule has 2 amide bonds. The number of unbranched alkanes of at least 4 members (excludes halogenated alkanes) is 1. The summed E-state index contributed by atoms with van der Waals surface area (Å²) in [6, 6.07) is 5.21. The largest absolute Gasteiger partial charge is 0.497 e. The maximum Gasteiger partial charge on any atom is 0.229 e. The van der Waals surface area contributed by atoms with Crippen molar-refractivity contribution in [3.8, 4) is 11.5 Å². The van der Waals surface area contributed by atoms with Gasteiger partial charge in [0.25, 0.3) is 0 Å². The molecular formula is C17H24N2O4. The Kier molecular flexibility index (Phi) is 5.84. The Hall–Kier alpha value is -2.24. The van der Waals surface area contributed by atoms with Crippen molar-refractivity contribution in [3.63, 3.8) is 0 Å². The van der Waals surface area contributed by atoms with E-state index in [1.807, 2.05) is 0 Å². The first-order chi connectivity index (χ1) is 11.1. The highest BCUT2D eigenvalue weighted by Gasteiger charge is 2.34. The zero-order valence-electron chi connectivity index (χ0n) is 13.9. The van der Waals surface area contributed by atoms with Crippen molar-refractivity contribution < 1.29 is 19.1 Å². The van der Waals surface area contributed by atoms with E-state index in [4.69, 9.17) is 9.47 Å². The maximum atomic E-state index is 12.5. The first-order valence-corrected chi connectivity index (χ1v) is 7.89. The van der Waals surface area contributed by atoms with Crippen LogP contribution in [0.3, 0.4) is 0 Å². The van der Waals surface area contributed by atoms with Gasteiger partial charge in [-0.15, -0.1) is 0 Å². The van der Waals surface area contributed by atoms with Gasteiger partial charge in [-0.1, -0.05) is 13.3 Å². The van der Waals surface area contributed by atoms with Crippen molar-refractivity contribution in [2.24, 2.45) is 5.92 Å². The van der Waals surface area contributed by atoms with Gasteiger partial charge in [0, 0.05) is 25.6 Å². The lowest BCUT2D eigenvalue weighted by atomic mass is 10.1. The van der Waals surface area contributed by atoms with Crippen LogP contribution in [0.5, 0.6) is 11.5 Å². The smallest absolute Gasteiger partial charge is 0.229 e. The summed E-state index contributed by atoms with van der Waals surface area (Å²) >= 11 is 0. The Morgan fingerprint density at radius 3 is 2.78 bits per heavy atom. The quantitative estimate of drug-likeness (QED) is 0.837. The van der Waals surface area contributed by atoms with Crippen LogP contribution in [0.4, 0.5) is 5.69 Å². The first-order valence-electron chi connectivity index (χ1n) is 7.89. The standard InChI is InChI=1S/C17H24N2O4/c1-4-5-8-19-11-12(9-16(19)20)17(21)18-14-10-13(22-2)6-7-15(14)23-3/h6-7,10,12H,4-5,8-9,11H2,1-3H3,(H,18,21)/t12-/m0/s1. The van der Waals surface area contributed by atoms with E-state index in [1.54, 1.807) is 37.3 Å². The maximum absolute atomic E-state index is 12.5. The molecule has 1 aromatic carbocycles. The van der Waals surface area contributed by atoms with Crippen LogP contribution in [0.2, 0.25) is 0 Å². The highest BCUT2D eigenvalue weighted by atomic mass is 16.5. The molecule has 1 heterocycles. The minimum absolute atomic E-state index is 0.0520. The van der Waals surface area contributed by atoms with Gasteiger partial charge in [0.2, 0.25) is 11.8 Å². The van der Waals surface area contributed by atoms with Gasteiger partial charge in [-0.3, -0.25) is 9.59 Å². The number of carbonyl (C=O) groups is 2. The average Bonchev–Trinajstić information content (AvgIpc) is 2.93. The van der Waals surface area contributed by atoms with E-state index in [9.17, 15) is 9.59 Å². The van der Waals surface area contributed by atoms with Gasteiger partial charge in [0.1, 0.15) is 11.5 Å². The van der Waals surface area contributed by atoms with Crippen LogP contribution in [0, 0.1) is 5.92 Å². The summed E-state index contributed by atoms with van der Waals surface area (Å²) in [6.45, 7) is 3.29. The Bertz CT molecular complexity index is 574. The topological polar surface area (TPSA) is 67.9 Å². The minimum atomic E-state index is -0.324. The van der Waals surface area contributed by atoms with Gasteiger partial charge >= 0.3 is 0 Å². The summed E-state index contributed by atoms with van der Waals surface area (Å²) in [5, 5.41) is 2.85. The summed E-state index contributed by atoms with van der Waals surface area (Å²) in [4.78, 5) is 26.2. The number of ether oxygens (including phenoxy) is 2. The van der Waals surface area contributed by atoms with E-state index in [0.29, 0.717) is 23.7 Å². The molecule has 0 bridgehead atoms. The summed E-state index contributed by atoms with van der Waals surface area (Å²) in [5.41, 5.74) is 0.552. The van der Waals surface area contributed by atoms with Crippen LogP contribution in [0.25, 0.3) is 0 Å². The Morgan fingerprint density at radius 2 is 2.13 bits per heavy atom. The molecule has 1 aromatic rings. The highest BCUT2D eigenvalue weighted by Crippen LogP contribution is 2.30. The third-order valence-electron chi connectivity index (χ3n) is 4.03. The predicted molar refractivity (Wildman–Crippen MR) is 87.8 cm³/mol. The fraction of sp³-hybridized carbons (Fsp3) is 0.529. The van der Waals surface area contributed by atoms with Crippen molar-refractivity contribution in [2.75, 3.05) is 32.6 Å². The molecule has 1 aliphatic rings. The van der Waals surface area contributed by atoms with Crippen molar-refractivity contribution in [1.29, 1.82) is 0 Å². The van der Waals surface area contributed by atoms with Crippen LogP contribution >= 0.6 is 0 Å². The number of rotatable bonds is 7. The third kappa shape index (κ3) is 4.15. The van der Waals surface area contributed by atoms with Crippen molar-refractivity contribution in [2.45, 2.75) is 26.2 Å². The van der Waals surface area contributed by atoms with E-state index in [2.05, 4.69) is 12.2 Å². The molecule has 1 fully saturated rings. The molecule has 0 saturated carbocycles. The fourth-order valence-corrected chi connectivity index (χ4v) is 2.66. The van der Waals surface area contributed by atoms with E-state index >= 15 is 0 Å². The van der Waals surface area contributed by atoms with Gasteiger partial charge in [0.15, 0.2) is 0 Å². The molecule has 0 spiro atoms. The van der Waals surface area contributed by atoms with E-state index in [-0.39, 0.29) is 24.2 Å². The summed E-state index contributed by atoms with van der Waals surface area (Å²) in [5.74, 6) is 0.759. The minimum Gasteiger partial charge on any atom is -0.497 e. The molecule has 0 unspecified atom stereocenters. The number of hydrogen-bond acceptors (Lipinski definition) is 4. The SMILES string of the molecule is CCCCN1C[C@@H](C(=O)Nc2cc(OC)ccc2OC)CC1=O. The molecule has 23 heavy (non-hydrogen) atoms. The normalized spacial score (nSPS) is 17.3. The van der Waals surface area contributed by atoms with Gasteiger partial charge in [-0.2, -0.15) is 0 Å². The highest BCUT2D eigenvalue weighted by molar-refractivity contribution is 5.98. The van der Waals surface area contributed by atoms with Crippen molar-refractivity contribution in [3.05, 3.63) is 18.2 Å². The van der Waals surface area contributed by atoms with Crippen LogP contribution in [0.15, 0.2) is 18.2 Å². The van der Waals surface area contributed by atoms with Crippen molar-refractivity contribution in [1.82, 2.24) is 4.90 Å². The number of likely N-dealkylation sites (tertiary alicyclic amines) is 1. The van der Waals surface area contributed by atoms with Gasteiger partial charge in [-0.25, -0.2) is 0 Å². The lowest BCUT2D eigenvalue weighted by Gasteiger charge is -2.16. The van der Waals surface area contributed by atoms with Gasteiger partial charge in [0.05, 0.1) is 25.8 Å². The molecule has 1 aliphatic heterocycles.